The molecule has 0 saturated heterocycles. The van der Waals surface area contributed by atoms with Crippen LogP contribution in [0.4, 0.5) is 0 Å². The molecule has 31 heavy (non-hydrogen) atoms. The molecule has 0 aliphatic rings. The lowest BCUT2D eigenvalue weighted by Crippen LogP contribution is -2.44. The fourth-order valence-electron chi connectivity index (χ4n) is 3.63. The predicted octanol–water partition coefficient (Wildman–Crippen LogP) is 6.61. The fourth-order valence-corrected chi connectivity index (χ4v) is 3.63. The van der Waals surface area contributed by atoms with Gasteiger partial charge in [-0.25, -0.2) is 0 Å². The summed E-state index contributed by atoms with van der Waals surface area (Å²) < 4.78 is 0. The lowest BCUT2D eigenvalue weighted by Gasteiger charge is -2.19. The van der Waals surface area contributed by atoms with Gasteiger partial charge in [0.05, 0.1) is 18.8 Å². The van der Waals surface area contributed by atoms with Crippen molar-refractivity contribution >= 4 is 5.91 Å². The number of amides is 1. The Morgan fingerprint density at radius 3 is 1.74 bits per heavy atom. The first-order valence-corrected chi connectivity index (χ1v) is 13.1. The normalized spacial score (nSPS) is 13.8. The van der Waals surface area contributed by atoms with Crippen LogP contribution in [0.2, 0.25) is 0 Å². The Bertz CT molecular complexity index is 448. The second-order valence-electron chi connectivity index (χ2n) is 8.71. The highest BCUT2D eigenvalue weighted by molar-refractivity contribution is 5.75. The molecule has 0 spiro atoms. The molecular formula is C27H51NO3. The van der Waals surface area contributed by atoms with Crippen LogP contribution in [0.15, 0.2) is 24.3 Å². The molecule has 0 aromatic carbocycles. The van der Waals surface area contributed by atoms with Crippen molar-refractivity contribution in [3.8, 4) is 0 Å². The summed E-state index contributed by atoms with van der Waals surface area (Å²) in [5, 5.41) is 21.9. The Balaban J connectivity index is 3.47. The van der Waals surface area contributed by atoms with E-state index in [0.29, 0.717) is 6.42 Å². The van der Waals surface area contributed by atoms with Crippen molar-refractivity contribution in [2.24, 2.45) is 0 Å². The molecule has 4 nitrogen and oxygen atoms in total. The molecule has 0 aliphatic carbocycles. The number of aliphatic hydroxyl groups is 2. The first-order valence-electron chi connectivity index (χ1n) is 13.1. The van der Waals surface area contributed by atoms with Crippen molar-refractivity contribution in [3.05, 3.63) is 24.3 Å². The van der Waals surface area contributed by atoms with Gasteiger partial charge in [0.2, 0.25) is 5.91 Å². The smallest absolute Gasteiger partial charge is 0.220 e. The summed E-state index contributed by atoms with van der Waals surface area (Å²) in [4.78, 5) is 11.4. The van der Waals surface area contributed by atoms with E-state index < -0.39 is 12.1 Å². The van der Waals surface area contributed by atoms with Crippen LogP contribution in [0.25, 0.3) is 0 Å². The van der Waals surface area contributed by atoms with Gasteiger partial charge in [-0.15, -0.1) is 0 Å². The molecule has 1 amide bonds. The minimum absolute atomic E-state index is 0.164. The summed E-state index contributed by atoms with van der Waals surface area (Å²) in [5.41, 5.74) is 0. The minimum atomic E-state index is -0.852. The van der Waals surface area contributed by atoms with Crippen LogP contribution < -0.4 is 5.32 Å². The van der Waals surface area contributed by atoms with Crippen molar-refractivity contribution in [1.82, 2.24) is 5.32 Å². The quantitative estimate of drug-likeness (QED) is 0.132. The van der Waals surface area contributed by atoms with Gasteiger partial charge < -0.3 is 15.5 Å². The van der Waals surface area contributed by atoms with Gasteiger partial charge in [0.25, 0.3) is 0 Å². The highest BCUT2D eigenvalue weighted by Crippen LogP contribution is 2.13. The largest absolute Gasteiger partial charge is 0.394 e. The summed E-state index contributed by atoms with van der Waals surface area (Å²) >= 11 is 0. The van der Waals surface area contributed by atoms with Crippen LogP contribution >= 0.6 is 0 Å². The maximum Gasteiger partial charge on any atom is 0.220 e. The Hall–Kier alpha value is -1.13. The standard InChI is InChI=1S/C27H51NO3/c1-3-5-6-7-8-9-10-11-12-13-14-15-16-17-18-19-20-21-22-23-26(30)25(24-29)28-27(31)4-2/h18-19,22-23,25-26,29-30H,3-17,20-21,24H2,1-2H3,(H,28,31)/b19-18+,23-22+. The third kappa shape index (κ3) is 20.5. The van der Waals surface area contributed by atoms with Gasteiger partial charge in [0, 0.05) is 6.42 Å². The van der Waals surface area contributed by atoms with Crippen LogP contribution in [0.5, 0.6) is 0 Å². The van der Waals surface area contributed by atoms with Crippen molar-refractivity contribution in [1.29, 1.82) is 0 Å². The zero-order chi connectivity index (χ0) is 23.0. The lowest BCUT2D eigenvalue weighted by atomic mass is 10.0. The molecule has 0 aromatic rings. The second kappa shape index (κ2) is 23.5. The molecule has 0 aliphatic heterocycles. The van der Waals surface area contributed by atoms with E-state index in [1.807, 2.05) is 6.08 Å². The van der Waals surface area contributed by atoms with E-state index in [0.717, 1.165) is 19.3 Å². The van der Waals surface area contributed by atoms with E-state index in [9.17, 15) is 15.0 Å². The molecular weight excluding hydrogens is 386 g/mol. The predicted molar refractivity (Wildman–Crippen MR) is 133 cm³/mol. The number of nitrogens with one attached hydrogen (secondary N) is 1. The van der Waals surface area contributed by atoms with Crippen molar-refractivity contribution in [2.75, 3.05) is 6.61 Å². The minimum Gasteiger partial charge on any atom is -0.394 e. The van der Waals surface area contributed by atoms with E-state index in [4.69, 9.17) is 0 Å². The first-order chi connectivity index (χ1) is 15.2. The monoisotopic (exact) mass is 437 g/mol. The van der Waals surface area contributed by atoms with Gasteiger partial charge in [-0.3, -0.25) is 4.79 Å². The number of unbranched alkanes of at least 4 members (excludes halogenated alkanes) is 14. The topological polar surface area (TPSA) is 69.6 Å². The summed E-state index contributed by atoms with van der Waals surface area (Å²) in [5.74, 6) is -0.164. The number of hydrogen-bond acceptors (Lipinski definition) is 3. The fraction of sp³-hybridized carbons (Fsp3) is 0.815. The van der Waals surface area contributed by atoms with E-state index in [1.54, 1.807) is 13.0 Å². The van der Waals surface area contributed by atoms with Crippen LogP contribution in [-0.2, 0) is 4.79 Å². The number of rotatable bonds is 22. The summed E-state index contributed by atoms with van der Waals surface area (Å²) in [6, 6.07) is -0.630. The molecule has 2 unspecified atom stereocenters. The van der Waals surface area contributed by atoms with Crippen molar-refractivity contribution in [3.63, 3.8) is 0 Å². The van der Waals surface area contributed by atoms with Gasteiger partial charge in [0.15, 0.2) is 0 Å². The molecule has 0 radical (unpaired) electrons. The van der Waals surface area contributed by atoms with E-state index in [1.165, 1.54) is 83.5 Å². The Kier molecular flexibility index (Phi) is 22.7. The highest BCUT2D eigenvalue weighted by atomic mass is 16.3. The van der Waals surface area contributed by atoms with E-state index >= 15 is 0 Å². The van der Waals surface area contributed by atoms with Crippen LogP contribution in [0, 0.1) is 0 Å². The summed E-state index contributed by atoms with van der Waals surface area (Å²) in [7, 11) is 0. The van der Waals surface area contributed by atoms with Crippen LogP contribution in [0.1, 0.15) is 123 Å². The number of carbonyl (C=O) groups is 1. The third-order valence-corrected chi connectivity index (χ3v) is 5.75. The summed E-state index contributed by atoms with van der Waals surface area (Å²) in [6.45, 7) is 3.75. The molecule has 0 saturated carbocycles. The van der Waals surface area contributed by atoms with Gasteiger partial charge in [0.1, 0.15) is 0 Å². The first kappa shape index (κ1) is 29.9. The van der Waals surface area contributed by atoms with Crippen LogP contribution in [-0.4, -0.2) is 34.9 Å². The maximum absolute atomic E-state index is 11.4. The second-order valence-corrected chi connectivity index (χ2v) is 8.71. The van der Waals surface area contributed by atoms with Gasteiger partial charge >= 0.3 is 0 Å². The maximum atomic E-state index is 11.4. The molecule has 4 heteroatoms. The lowest BCUT2D eigenvalue weighted by molar-refractivity contribution is -0.122. The van der Waals surface area contributed by atoms with Gasteiger partial charge in [-0.05, 0) is 25.7 Å². The Labute approximate surface area is 192 Å². The average molecular weight is 438 g/mol. The van der Waals surface area contributed by atoms with E-state index in [2.05, 4.69) is 24.4 Å². The Morgan fingerprint density at radius 2 is 1.23 bits per heavy atom. The van der Waals surface area contributed by atoms with Gasteiger partial charge in [-0.2, -0.15) is 0 Å². The van der Waals surface area contributed by atoms with Crippen LogP contribution in [0.3, 0.4) is 0 Å². The number of hydrogen-bond donors (Lipinski definition) is 3. The SMILES string of the molecule is CCCCCCCCCCCCCCC/C=C/CC/C=C/C(O)C(CO)NC(=O)CC. The molecule has 0 rings (SSSR count). The summed E-state index contributed by atoms with van der Waals surface area (Å²) in [6.07, 6.45) is 28.6. The van der Waals surface area contributed by atoms with E-state index in [-0.39, 0.29) is 12.5 Å². The molecule has 0 heterocycles. The zero-order valence-corrected chi connectivity index (χ0v) is 20.5. The third-order valence-electron chi connectivity index (χ3n) is 5.75. The molecule has 182 valence electrons. The number of allylic oxidation sites excluding steroid dienone is 3. The molecule has 2 atom stereocenters. The average Bonchev–Trinajstić information content (AvgIpc) is 2.78. The Morgan fingerprint density at radius 1 is 0.742 bits per heavy atom. The molecule has 3 N–H and O–H groups in total. The molecule has 0 fully saturated rings. The molecule has 0 aromatic heterocycles. The van der Waals surface area contributed by atoms with Crippen molar-refractivity contribution < 1.29 is 15.0 Å². The molecule has 0 bridgehead atoms. The zero-order valence-electron chi connectivity index (χ0n) is 20.5. The number of carbonyl (C=O) groups excluding carboxylic acids is 1. The number of aliphatic hydroxyl groups excluding tert-OH is 2. The van der Waals surface area contributed by atoms with Crippen molar-refractivity contribution in [2.45, 2.75) is 135 Å². The van der Waals surface area contributed by atoms with Gasteiger partial charge in [-0.1, -0.05) is 115 Å². The highest BCUT2D eigenvalue weighted by Gasteiger charge is 2.16.